The van der Waals surface area contributed by atoms with Crippen molar-refractivity contribution in [1.82, 2.24) is 4.98 Å². The van der Waals surface area contributed by atoms with Crippen LogP contribution in [0.5, 0.6) is 5.75 Å². The van der Waals surface area contributed by atoms with Crippen LogP contribution in [-0.4, -0.2) is 30.7 Å². The highest BCUT2D eigenvalue weighted by atomic mass is 19.1. The number of halogens is 1. The Morgan fingerprint density at radius 3 is 2.48 bits per heavy atom. The van der Waals surface area contributed by atoms with Gasteiger partial charge in [-0.05, 0) is 67.8 Å². The summed E-state index contributed by atoms with van der Waals surface area (Å²) in [7, 11) is 3.18. The van der Waals surface area contributed by atoms with Crippen LogP contribution in [0.4, 0.5) is 4.39 Å². The van der Waals surface area contributed by atoms with Gasteiger partial charge in [-0.1, -0.05) is 18.2 Å². The second-order valence-electron chi connectivity index (χ2n) is 6.76. The van der Waals surface area contributed by atoms with Crippen LogP contribution >= 0.6 is 0 Å². The molecular formula is C24H24FN3O. The molecule has 4 nitrogen and oxygen atoms in total. The van der Waals surface area contributed by atoms with Crippen LogP contribution in [0.3, 0.4) is 0 Å². The number of nitrogens with zero attached hydrogens (tertiary/aromatic N) is 3. The lowest BCUT2D eigenvalue weighted by atomic mass is 9.96. The molecule has 0 aliphatic carbocycles. The predicted molar refractivity (Wildman–Crippen MR) is 117 cm³/mol. The van der Waals surface area contributed by atoms with E-state index in [-0.39, 0.29) is 5.82 Å². The van der Waals surface area contributed by atoms with Crippen LogP contribution in [0.25, 0.3) is 11.1 Å². The van der Waals surface area contributed by atoms with E-state index in [2.05, 4.69) is 40.1 Å². The Kier molecular flexibility index (Phi) is 6.17. The van der Waals surface area contributed by atoms with Crippen molar-refractivity contribution in [1.29, 1.82) is 0 Å². The number of aromatic nitrogens is 1. The third-order valence-corrected chi connectivity index (χ3v) is 4.83. The van der Waals surface area contributed by atoms with E-state index < -0.39 is 0 Å². The van der Waals surface area contributed by atoms with Gasteiger partial charge in [-0.2, -0.15) is 0 Å². The van der Waals surface area contributed by atoms with Gasteiger partial charge < -0.3 is 4.74 Å². The molecular weight excluding hydrogens is 365 g/mol. The SMILES string of the molecule is C/N=C(\N=C(/C)c1ccc(-c2cccnc2C)c(C)c1)c1cc(F)ccc1OC. The molecule has 3 rings (SSSR count). The highest BCUT2D eigenvalue weighted by Crippen LogP contribution is 2.27. The van der Waals surface area contributed by atoms with E-state index in [0.29, 0.717) is 17.1 Å². The number of hydrogen-bond acceptors (Lipinski definition) is 3. The highest BCUT2D eigenvalue weighted by molar-refractivity contribution is 6.12. The van der Waals surface area contributed by atoms with Crippen molar-refractivity contribution in [3.8, 4) is 16.9 Å². The summed E-state index contributed by atoms with van der Waals surface area (Å²) in [6.45, 7) is 6.00. The quantitative estimate of drug-likeness (QED) is 0.443. The summed E-state index contributed by atoms with van der Waals surface area (Å²) in [5.74, 6) is 0.590. The molecule has 0 fully saturated rings. The first-order chi connectivity index (χ1) is 13.9. The van der Waals surface area contributed by atoms with Gasteiger partial charge in [0.1, 0.15) is 11.6 Å². The molecule has 0 spiro atoms. The summed E-state index contributed by atoms with van der Waals surface area (Å²) in [6.07, 6.45) is 1.80. The summed E-state index contributed by atoms with van der Waals surface area (Å²) in [5.41, 5.74) is 6.67. The maximum Gasteiger partial charge on any atom is 0.158 e. The van der Waals surface area contributed by atoms with Crippen LogP contribution in [0.2, 0.25) is 0 Å². The lowest BCUT2D eigenvalue weighted by molar-refractivity contribution is 0.412. The molecule has 0 saturated heterocycles. The molecule has 0 bridgehead atoms. The molecule has 148 valence electrons. The molecule has 0 unspecified atom stereocenters. The van der Waals surface area contributed by atoms with Crippen molar-refractivity contribution in [2.75, 3.05) is 14.2 Å². The summed E-state index contributed by atoms with van der Waals surface area (Å²) in [4.78, 5) is 13.3. The first-order valence-corrected chi connectivity index (χ1v) is 9.33. The van der Waals surface area contributed by atoms with Gasteiger partial charge in [-0.3, -0.25) is 9.98 Å². The molecule has 0 amide bonds. The van der Waals surface area contributed by atoms with Crippen LogP contribution < -0.4 is 4.74 Å². The number of aliphatic imine (C=N–C) groups is 2. The molecule has 2 aromatic carbocycles. The average Bonchev–Trinajstić information content (AvgIpc) is 2.72. The summed E-state index contributed by atoms with van der Waals surface area (Å²) >= 11 is 0. The van der Waals surface area contributed by atoms with Crippen molar-refractivity contribution in [2.45, 2.75) is 20.8 Å². The van der Waals surface area contributed by atoms with Crippen molar-refractivity contribution >= 4 is 11.5 Å². The topological polar surface area (TPSA) is 46.8 Å². The van der Waals surface area contributed by atoms with E-state index in [1.54, 1.807) is 26.4 Å². The van der Waals surface area contributed by atoms with E-state index in [1.807, 2.05) is 26.0 Å². The number of rotatable bonds is 4. The highest BCUT2D eigenvalue weighted by Gasteiger charge is 2.12. The van der Waals surface area contributed by atoms with Crippen LogP contribution in [0.1, 0.15) is 29.3 Å². The second kappa shape index (κ2) is 8.78. The monoisotopic (exact) mass is 389 g/mol. The smallest absolute Gasteiger partial charge is 0.158 e. The van der Waals surface area contributed by atoms with Gasteiger partial charge in [0.05, 0.1) is 12.7 Å². The average molecular weight is 389 g/mol. The van der Waals surface area contributed by atoms with Gasteiger partial charge in [-0.25, -0.2) is 9.38 Å². The van der Waals surface area contributed by atoms with Crippen molar-refractivity contribution in [3.05, 3.63) is 82.9 Å². The Morgan fingerprint density at radius 2 is 1.83 bits per heavy atom. The fraction of sp³-hybridized carbons (Fsp3) is 0.208. The van der Waals surface area contributed by atoms with Crippen LogP contribution in [-0.2, 0) is 0 Å². The van der Waals surface area contributed by atoms with Gasteiger partial charge in [0.2, 0.25) is 0 Å². The molecule has 0 radical (unpaired) electrons. The minimum Gasteiger partial charge on any atom is -0.496 e. The number of ether oxygens (including phenoxy) is 1. The van der Waals surface area contributed by atoms with Gasteiger partial charge in [0.15, 0.2) is 5.84 Å². The Bertz CT molecular complexity index is 1100. The molecule has 1 aromatic heterocycles. The van der Waals surface area contributed by atoms with Gasteiger partial charge in [0, 0.05) is 30.2 Å². The maximum absolute atomic E-state index is 13.8. The fourth-order valence-corrected chi connectivity index (χ4v) is 3.27. The zero-order valence-corrected chi connectivity index (χ0v) is 17.3. The molecule has 0 saturated carbocycles. The summed E-state index contributed by atoms with van der Waals surface area (Å²) < 4.78 is 19.1. The third kappa shape index (κ3) is 4.40. The van der Waals surface area contributed by atoms with E-state index in [0.717, 1.165) is 33.7 Å². The molecule has 0 aliphatic rings. The minimum absolute atomic E-state index is 0.359. The number of hydrogen-bond donors (Lipinski definition) is 0. The second-order valence-corrected chi connectivity index (χ2v) is 6.76. The summed E-state index contributed by atoms with van der Waals surface area (Å²) in [6, 6.07) is 14.5. The van der Waals surface area contributed by atoms with Crippen LogP contribution in [0, 0.1) is 19.7 Å². The molecule has 3 aromatic rings. The number of benzene rings is 2. The summed E-state index contributed by atoms with van der Waals surface area (Å²) in [5, 5.41) is 0. The molecule has 1 heterocycles. The van der Waals surface area contributed by atoms with Crippen molar-refractivity contribution < 1.29 is 9.13 Å². The zero-order chi connectivity index (χ0) is 21.0. The fourth-order valence-electron chi connectivity index (χ4n) is 3.27. The number of pyridine rings is 1. The molecule has 0 aliphatic heterocycles. The van der Waals surface area contributed by atoms with E-state index in [4.69, 9.17) is 4.74 Å². The van der Waals surface area contributed by atoms with Gasteiger partial charge in [0.25, 0.3) is 0 Å². The third-order valence-electron chi connectivity index (χ3n) is 4.83. The Balaban J connectivity index is 1.99. The first kappa shape index (κ1) is 20.4. The van der Waals surface area contributed by atoms with Crippen LogP contribution in [0.15, 0.2) is 64.7 Å². The number of methoxy groups -OCH3 is 1. The van der Waals surface area contributed by atoms with E-state index >= 15 is 0 Å². The molecule has 0 N–H and O–H groups in total. The minimum atomic E-state index is -0.359. The Labute approximate surface area is 170 Å². The van der Waals surface area contributed by atoms with Crippen molar-refractivity contribution in [2.24, 2.45) is 9.98 Å². The normalized spacial score (nSPS) is 12.2. The molecule has 0 atom stereocenters. The Morgan fingerprint density at radius 1 is 1.03 bits per heavy atom. The maximum atomic E-state index is 13.8. The number of aryl methyl sites for hydroxylation is 2. The van der Waals surface area contributed by atoms with Crippen molar-refractivity contribution in [3.63, 3.8) is 0 Å². The zero-order valence-electron chi connectivity index (χ0n) is 17.3. The largest absolute Gasteiger partial charge is 0.496 e. The predicted octanol–water partition coefficient (Wildman–Crippen LogP) is 5.40. The molecule has 29 heavy (non-hydrogen) atoms. The molecule has 5 heteroatoms. The number of amidine groups is 1. The Hall–Kier alpha value is -3.34. The van der Waals surface area contributed by atoms with Gasteiger partial charge >= 0.3 is 0 Å². The van der Waals surface area contributed by atoms with E-state index in [9.17, 15) is 4.39 Å². The van der Waals surface area contributed by atoms with E-state index in [1.165, 1.54) is 12.1 Å². The first-order valence-electron chi connectivity index (χ1n) is 9.33. The lowest BCUT2D eigenvalue weighted by Crippen LogP contribution is -2.06. The van der Waals surface area contributed by atoms with Gasteiger partial charge in [-0.15, -0.1) is 0 Å². The standard InChI is InChI=1S/C24H24FN3O/c1-15-13-18(8-10-20(15)21-7-6-12-27-17(21)3)16(2)28-24(26-4)22-14-19(25)9-11-23(22)29-5/h6-14H,1-5H3/b26-24-,28-16+. The lowest BCUT2D eigenvalue weighted by Gasteiger charge is -2.12.